The predicted molar refractivity (Wildman–Crippen MR) is 104 cm³/mol. The molecule has 5 nitrogen and oxygen atoms in total. The van der Waals surface area contributed by atoms with Crippen molar-refractivity contribution in [2.24, 2.45) is 5.10 Å². The Bertz CT molecular complexity index is 994. The van der Waals surface area contributed by atoms with Gasteiger partial charge in [-0.3, -0.25) is 0 Å². The topological polar surface area (TPSA) is 66.2 Å². The summed E-state index contributed by atoms with van der Waals surface area (Å²) in [6.07, 6.45) is 1.54. The summed E-state index contributed by atoms with van der Waals surface area (Å²) in [4.78, 5) is 0. The summed E-state index contributed by atoms with van der Waals surface area (Å²) < 4.78 is 3.30. The van der Waals surface area contributed by atoms with E-state index in [1.807, 2.05) is 31.2 Å². The first-order chi connectivity index (χ1) is 11.5. The minimum atomic E-state index is 0.106. The van der Waals surface area contributed by atoms with E-state index in [0.717, 1.165) is 15.6 Å². The molecular formula is C16H12Br2N4OS. The fourth-order valence-corrected chi connectivity index (χ4v) is 3.61. The van der Waals surface area contributed by atoms with Gasteiger partial charge in [0.1, 0.15) is 5.75 Å². The number of aromatic nitrogens is 3. The zero-order chi connectivity index (χ0) is 17.3. The minimum Gasteiger partial charge on any atom is -0.506 e. The van der Waals surface area contributed by atoms with E-state index in [0.29, 0.717) is 20.6 Å². The van der Waals surface area contributed by atoms with Gasteiger partial charge in [0.15, 0.2) is 5.82 Å². The molecule has 0 spiro atoms. The largest absolute Gasteiger partial charge is 0.506 e. The molecule has 24 heavy (non-hydrogen) atoms. The van der Waals surface area contributed by atoms with Crippen molar-refractivity contribution in [3.8, 4) is 17.1 Å². The molecular weight excluding hydrogens is 456 g/mol. The maximum absolute atomic E-state index is 10.1. The molecule has 1 heterocycles. The highest BCUT2D eigenvalue weighted by atomic mass is 79.9. The Labute approximate surface area is 160 Å². The van der Waals surface area contributed by atoms with Gasteiger partial charge in [-0.2, -0.15) is 14.9 Å². The van der Waals surface area contributed by atoms with Crippen LogP contribution in [-0.4, -0.2) is 26.2 Å². The van der Waals surface area contributed by atoms with E-state index in [1.54, 1.807) is 12.1 Å². The first kappa shape index (κ1) is 17.1. The second-order valence-electron chi connectivity index (χ2n) is 5.10. The van der Waals surface area contributed by atoms with Gasteiger partial charge in [0.2, 0.25) is 4.77 Å². The van der Waals surface area contributed by atoms with Gasteiger partial charge in [-0.15, -0.1) is 0 Å². The average Bonchev–Trinajstić information content (AvgIpc) is 2.90. The Morgan fingerprint density at radius 1 is 1.29 bits per heavy atom. The van der Waals surface area contributed by atoms with Crippen molar-refractivity contribution < 1.29 is 5.11 Å². The van der Waals surface area contributed by atoms with Crippen LogP contribution in [0.4, 0.5) is 0 Å². The van der Waals surface area contributed by atoms with E-state index in [4.69, 9.17) is 12.2 Å². The number of phenols is 1. The molecule has 2 N–H and O–H groups in total. The van der Waals surface area contributed by atoms with Gasteiger partial charge in [0, 0.05) is 15.6 Å². The van der Waals surface area contributed by atoms with Crippen LogP contribution in [0.1, 0.15) is 11.1 Å². The molecule has 122 valence electrons. The molecule has 8 heteroatoms. The SMILES string of the molecule is Cc1cccc(-c2n[nH]c(=S)n2/N=C/c2cc(Br)cc(Br)c2O)c1. The molecule has 0 bridgehead atoms. The monoisotopic (exact) mass is 466 g/mol. The highest BCUT2D eigenvalue weighted by molar-refractivity contribution is 9.11. The Kier molecular flexibility index (Phi) is 4.98. The number of halogens is 2. The lowest BCUT2D eigenvalue weighted by molar-refractivity contribution is 0.471. The summed E-state index contributed by atoms with van der Waals surface area (Å²) in [5.41, 5.74) is 2.57. The summed E-state index contributed by atoms with van der Waals surface area (Å²) in [6.45, 7) is 2.01. The number of aromatic amines is 1. The number of nitrogens with one attached hydrogen (secondary N) is 1. The van der Waals surface area contributed by atoms with Gasteiger partial charge in [0.25, 0.3) is 0 Å². The lowest BCUT2D eigenvalue weighted by Gasteiger charge is -2.04. The fraction of sp³-hybridized carbons (Fsp3) is 0.0625. The van der Waals surface area contributed by atoms with Crippen molar-refractivity contribution in [1.29, 1.82) is 0 Å². The molecule has 0 unspecified atom stereocenters. The molecule has 2 aromatic carbocycles. The van der Waals surface area contributed by atoms with Gasteiger partial charge >= 0.3 is 0 Å². The summed E-state index contributed by atoms with van der Waals surface area (Å²) in [6, 6.07) is 11.4. The van der Waals surface area contributed by atoms with Crippen molar-refractivity contribution in [3.05, 3.63) is 61.2 Å². The molecule has 0 aliphatic carbocycles. The molecule has 3 aromatic rings. The number of rotatable bonds is 3. The molecule has 0 aliphatic heterocycles. The van der Waals surface area contributed by atoms with Crippen LogP contribution >= 0.6 is 44.1 Å². The quantitative estimate of drug-likeness (QED) is 0.419. The van der Waals surface area contributed by atoms with Crippen LogP contribution in [0.3, 0.4) is 0 Å². The van der Waals surface area contributed by atoms with Crippen molar-refractivity contribution in [2.75, 3.05) is 0 Å². The third kappa shape index (κ3) is 3.50. The van der Waals surface area contributed by atoms with Crippen LogP contribution in [0.25, 0.3) is 11.4 Å². The fourth-order valence-electron chi connectivity index (χ4n) is 2.17. The van der Waals surface area contributed by atoms with Crippen LogP contribution < -0.4 is 0 Å². The van der Waals surface area contributed by atoms with Gasteiger partial charge in [0.05, 0.1) is 10.7 Å². The number of aromatic hydroxyl groups is 1. The molecule has 0 saturated heterocycles. The highest BCUT2D eigenvalue weighted by Crippen LogP contribution is 2.30. The Hall–Kier alpha value is -1.77. The predicted octanol–water partition coefficient (Wildman–Crippen LogP) is 5.03. The lowest BCUT2D eigenvalue weighted by Crippen LogP contribution is -1.96. The second kappa shape index (κ2) is 7.00. The Morgan fingerprint density at radius 2 is 2.08 bits per heavy atom. The Balaban J connectivity index is 2.06. The number of nitrogens with zero attached hydrogens (tertiary/aromatic N) is 3. The van der Waals surface area contributed by atoms with Crippen molar-refractivity contribution >= 4 is 50.3 Å². The zero-order valence-corrected chi connectivity index (χ0v) is 16.5. The molecule has 1 aromatic heterocycles. The Morgan fingerprint density at radius 3 is 2.83 bits per heavy atom. The maximum atomic E-state index is 10.1. The first-order valence-electron chi connectivity index (χ1n) is 6.92. The third-order valence-electron chi connectivity index (χ3n) is 3.30. The zero-order valence-electron chi connectivity index (χ0n) is 12.5. The smallest absolute Gasteiger partial charge is 0.216 e. The van der Waals surface area contributed by atoms with Gasteiger partial charge < -0.3 is 5.11 Å². The molecule has 0 amide bonds. The third-order valence-corrected chi connectivity index (χ3v) is 4.62. The average molecular weight is 468 g/mol. The molecule has 0 saturated carbocycles. The number of hydrogen-bond donors (Lipinski definition) is 2. The summed E-state index contributed by atoms with van der Waals surface area (Å²) in [5.74, 6) is 0.711. The van der Waals surface area contributed by atoms with Gasteiger partial charge in [-0.05, 0) is 53.3 Å². The minimum absolute atomic E-state index is 0.106. The van der Waals surface area contributed by atoms with E-state index in [-0.39, 0.29) is 5.75 Å². The van der Waals surface area contributed by atoms with E-state index in [2.05, 4.69) is 47.2 Å². The van der Waals surface area contributed by atoms with Crippen LogP contribution in [0.15, 0.2) is 50.4 Å². The van der Waals surface area contributed by atoms with Crippen LogP contribution in [0, 0.1) is 11.7 Å². The van der Waals surface area contributed by atoms with Crippen LogP contribution in [0.2, 0.25) is 0 Å². The summed E-state index contributed by atoms with van der Waals surface area (Å²) in [7, 11) is 0. The van der Waals surface area contributed by atoms with Gasteiger partial charge in [-0.25, -0.2) is 5.10 Å². The van der Waals surface area contributed by atoms with Crippen LogP contribution in [-0.2, 0) is 0 Å². The number of phenolic OH excluding ortho intramolecular Hbond substituents is 1. The summed E-state index contributed by atoms with van der Waals surface area (Å²) in [5, 5.41) is 21.5. The standard InChI is InChI=1S/C16H12Br2N4OS/c1-9-3-2-4-10(5-9)15-20-21-16(24)22(15)19-8-11-6-12(17)7-13(18)14(11)23/h2-8,23H,1H3,(H,21,24)/b19-8+. The summed E-state index contributed by atoms with van der Waals surface area (Å²) >= 11 is 11.9. The second-order valence-corrected chi connectivity index (χ2v) is 7.26. The normalized spacial score (nSPS) is 11.3. The molecule has 0 atom stereocenters. The number of hydrogen-bond acceptors (Lipinski definition) is 4. The van der Waals surface area contributed by atoms with Crippen molar-refractivity contribution in [2.45, 2.75) is 6.92 Å². The molecule has 3 rings (SSSR count). The van der Waals surface area contributed by atoms with E-state index < -0.39 is 0 Å². The maximum Gasteiger partial charge on any atom is 0.216 e. The number of aryl methyl sites for hydroxylation is 1. The van der Waals surface area contributed by atoms with E-state index in [9.17, 15) is 5.11 Å². The first-order valence-corrected chi connectivity index (χ1v) is 8.92. The molecule has 0 aliphatic rings. The van der Waals surface area contributed by atoms with E-state index in [1.165, 1.54) is 10.9 Å². The lowest BCUT2D eigenvalue weighted by atomic mass is 10.1. The van der Waals surface area contributed by atoms with Crippen molar-refractivity contribution in [1.82, 2.24) is 14.9 Å². The van der Waals surface area contributed by atoms with Gasteiger partial charge in [-0.1, -0.05) is 39.7 Å². The highest BCUT2D eigenvalue weighted by Gasteiger charge is 2.09. The molecule has 0 fully saturated rings. The number of H-pyrrole nitrogens is 1. The van der Waals surface area contributed by atoms with Crippen molar-refractivity contribution in [3.63, 3.8) is 0 Å². The molecule has 0 radical (unpaired) electrons. The number of benzene rings is 2. The van der Waals surface area contributed by atoms with Crippen LogP contribution in [0.5, 0.6) is 5.75 Å². The van der Waals surface area contributed by atoms with E-state index >= 15 is 0 Å².